The van der Waals surface area contributed by atoms with Crippen LogP contribution in [-0.4, -0.2) is 76.9 Å². The summed E-state index contributed by atoms with van der Waals surface area (Å²) in [6, 6.07) is 13.8. The van der Waals surface area contributed by atoms with E-state index >= 15 is 0 Å². The van der Waals surface area contributed by atoms with Crippen molar-refractivity contribution in [3.05, 3.63) is 48.0 Å². The van der Waals surface area contributed by atoms with Crippen LogP contribution >= 0.6 is 0 Å². The van der Waals surface area contributed by atoms with Gasteiger partial charge in [-0.05, 0) is 66.5 Å². The smallest absolute Gasteiger partial charge is 0.317 e. The number of hydrogen-bond acceptors (Lipinski definition) is 12. The lowest BCUT2D eigenvalue weighted by Gasteiger charge is -2.32. The number of rotatable bonds is 26. The molecule has 3 rings (SSSR count). The second-order valence-electron chi connectivity index (χ2n) is 16.9. The predicted molar refractivity (Wildman–Crippen MR) is 224 cm³/mol. The van der Waals surface area contributed by atoms with Crippen LogP contribution in [0.25, 0.3) is 11.1 Å². The van der Waals surface area contributed by atoms with Crippen molar-refractivity contribution in [3.63, 3.8) is 0 Å². The Kier molecular flexibility index (Phi) is 20.9. The topological polar surface area (TPSA) is 150 Å². The second-order valence-corrected chi connectivity index (χ2v) is 16.9. The van der Waals surface area contributed by atoms with Gasteiger partial charge in [-0.3, -0.25) is 24.0 Å². The van der Waals surface area contributed by atoms with Gasteiger partial charge in [0.15, 0.2) is 0 Å². The molecule has 0 bridgehead atoms. The lowest BCUT2D eigenvalue weighted by atomic mass is 9.80. The summed E-state index contributed by atoms with van der Waals surface area (Å²) >= 11 is 0. The monoisotopic (exact) mass is 824 g/mol. The van der Waals surface area contributed by atoms with E-state index in [4.69, 9.17) is 23.7 Å². The summed E-state index contributed by atoms with van der Waals surface area (Å²) in [7, 11) is 2.35. The fourth-order valence-corrected chi connectivity index (χ4v) is 7.11. The van der Waals surface area contributed by atoms with Crippen molar-refractivity contribution in [2.45, 2.75) is 125 Å². The molecule has 0 aliphatic heterocycles. The SMILES string of the molecule is CCCCCC1CCC(COc2ccc(-c3ccc(OCC(CCC)(COC(=O)CC(=O)OC)COC(=O)CC(=O)OC)c(COCCC(=O)C(C)(C)C)c3)cc2)CC1. The molecule has 0 unspecified atom stereocenters. The average molecular weight is 825 g/mol. The van der Waals surface area contributed by atoms with E-state index in [0.29, 0.717) is 30.1 Å². The van der Waals surface area contributed by atoms with Crippen molar-refractivity contribution < 1.29 is 57.1 Å². The highest BCUT2D eigenvalue weighted by molar-refractivity contribution is 5.91. The van der Waals surface area contributed by atoms with Gasteiger partial charge >= 0.3 is 23.9 Å². The number of ether oxygens (including phenoxy) is 7. The molecule has 0 radical (unpaired) electrons. The van der Waals surface area contributed by atoms with Gasteiger partial charge in [0, 0.05) is 17.4 Å². The fraction of sp³-hybridized carbons (Fsp3) is 0.638. The molecule has 2 aromatic carbocycles. The van der Waals surface area contributed by atoms with Crippen molar-refractivity contribution in [2.24, 2.45) is 22.7 Å². The van der Waals surface area contributed by atoms with E-state index in [1.54, 1.807) is 0 Å². The second kappa shape index (κ2) is 25.2. The van der Waals surface area contributed by atoms with Gasteiger partial charge in [-0.25, -0.2) is 0 Å². The zero-order valence-corrected chi connectivity index (χ0v) is 36.5. The Morgan fingerprint density at radius 1 is 0.678 bits per heavy atom. The van der Waals surface area contributed by atoms with E-state index in [2.05, 4.69) is 16.4 Å². The number of unbranched alkanes of at least 4 members (excludes halogenated alkanes) is 2. The Morgan fingerprint density at radius 3 is 1.83 bits per heavy atom. The standard InChI is InChI=1S/C47H68O12/c1-8-10-11-12-34-13-15-35(16-14-34)29-56-39-20-17-36(18-21-39)37-19-22-40(38(26-37)30-55-25-23-41(48)46(3,4)5)57-31-47(24-9-2,32-58-44(51)27-42(49)53-6)33-59-45(52)28-43(50)54-7/h17-22,26,34-35H,8-16,23-25,27-33H2,1-7H3. The van der Waals surface area contributed by atoms with Crippen LogP contribution in [0.1, 0.15) is 124 Å². The molecular formula is C47H68O12. The van der Waals surface area contributed by atoms with Gasteiger partial charge in [-0.1, -0.05) is 97.8 Å². The van der Waals surface area contributed by atoms with E-state index in [0.717, 1.165) is 29.4 Å². The van der Waals surface area contributed by atoms with Crippen LogP contribution in [0.4, 0.5) is 0 Å². The molecule has 59 heavy (non-hydrogen) atoms. The number of methoxy groups -OCH3 is 2. The third-order valence-corrected chi connectivity index (χ3v) is 10.9. The van der Waals surface area contributed by atoms with Crippen LogP contribution in [0.15, 0.2) is 42.5 Å². The quantitative estimate of drug-likeness (QED) is 0.0386. The fourth-order valence-electron chi connectivity index (χ4n) is 7.11. The lowest BCUT2D eigenvalue weighted by Crippen LogP contribution is -2.40. The van der Waals surface area contributed by atoms with Crippen molar-refractivity contribution >= 4 is 29.7 Å². The van der Waals surface area contributed by atoms with Crippen LogP contribution in [0, 0.1) is 22.7 Å². The zero-order chi connectivity index (χ0) is 43.3. The molecule has 0 aromatic heterocycles. The van der Waals surface area contributed by atoms with E-state index in [1.807, 2.05) is 70.2 Å². The molecule has 0 amide bonds. The molecule has 328 valence electrons. The summed E-state index contributed by atoms with van der Waals surface area (Å²) in [5.74, 6) is -0.264. The van der Waals surface area contributed by atoms with Gasteiger partial charge in [0.2, 0.25) is 0 Å². The number of ketones is 1. The summed E-state index contributed by atoms with van der Waals surface area (Å²) in [4.78, 5) is 61.2. The first kappa shape index (κ1) is 48.9. The van der Waals surface area contributed by atoms with Crippen LogP contribution in [-0.2, 0) is 54.3 Å². The largest absolute Gasteiger partial charge is 0.493 e. The van der Waals surface area contributed by atoms with E-state index < -0.39 is 47.5 Å². The molecule has 0 spiro atoms. The molecule has 0 saturated heterocycles. The first-order valence-electron chi connectivity index (χ1n) is 21.3. The number of esters is 4. The van der Waals surface area contributed by atoms with Gasteiger partial charge in [0.05, 0.1) is 39.5 Å². The summed E-state index contributed by atoms with van der Waals surface area (Å²) in [6.45, 7) is 10.4. The Morgan fingerprint density at radius 2 is 1.27 bits per heavy atom. The Labute approximate surface area is 351 Å². The highest BCUT2D eigenvalue weighted by atomic mass is 16.6. The number of Topliss-reactive ketones (excluding diaryl/α,β-unsaturated/α-hetero) is 1. The lowest BCUT2D eigenvalue weighted by molar-refractivity contribution is -0.161. The maximum absolute atomic E-state index is 12.6. The van der Waals surface area contributed by atoms with Crippen molar-refractivity contribution in [1.82, 2.24) is 0 Å². The first-order chi connectivity index (χ1) is 28.2. The Bertz CT molecular complexity index is 1580. The summed E-state index contributed by atoms with van der Waals surface area (Å²) < 4.78 is 38.9. The van der Waals surface area contributed by atoms with Crippen molar-refractivity contribution in [1.29, 1.82) is 0 Å². The van der Waals surface area contributed by atoms with E-state index in [9.17, 15) is 24.0 Å². The average Bonchev–Trinajstić information content (AvgIpc) is 3.22. The molecule has 12 nitrogen and oxygen atoms in total. The van der Waals surface area contributed by atoms with Crippen LogP contribution in [0.2, 0.25) is 0 Å². The molecular weight excluding hydrogens is 757 g/mol. The number of hydrogen-bond donors (Lipinski definition) is 0. The van der Waals surface area contributed by atoms with Gasteiger partial charge in [0.1, 0.15) is 49.9 Å². The minimum Gasteiger partial charge on any atom is -0.493 e. The maximum atomic E-state index is 12.6. The molecule has 2 aromatic rings. The third kappa shape index (κ3) is 17.7. The normalized spacial score (nSPS) is 15.5. The third-order valence-electron chi connectivity index (χ3n) is 10.9. The van der Waals surface area contributed by atoms with Gasteiger partial charge in [-0.2, -0.15) is 0 Å². The van der Waals surface area contributed by atoms with Gasteiger partial charge in [-0.15, -0.1) is 0 Å². The highest BCUT2D eigenvalue weighted by Crippen LogP contribution is 2.34. The predicted octanol–water partition coefficient (Wildman–Crippen LogP) is 9.02. The summed E-state index contributed by atoms with van der Waals surface area (Å²) in [5, 5.41) is 0. The maximum Gasteiger partial charge on any atom is 0.317 e. The van der Waals surface area contributed by atoms with Crippen LogP contribution < -0.4 is 9.47 Å². The molecule has 1 aliphatic carbocycles. The highest BCUT2D eigenvalue weighted by Gasteiger charge is 2.35. The van der Waals surface area contributed by atoms with Gasteiger partial charge < -0.3 is 33.2 Å². The minimum atomic E-state index is -1.05. The Balaban J connectivity index is 1.79. The summed E-state index contributed by atoms with van der Waals surface area (Å²) in [5.41, 5.74) is 1.07. The van der Waals surface area contributed by atoms with Crippen LogP contribution in [0.3, 0.4) is 0 Å². The molecule has 12 heteroatoms. The zero-order valence-electron chi connectivity index (χ0n) is 36.5. The van der Waals surface area contributed by atoms with Crippen LogP contribution in [0.5, 0.6) is 11.5 Å². The molecule has 0 N–H and O–H groups in total. The first-order valence-corrected chi connectivity index (χ1v) is 21.3. The molecule has 1 saturated carbocycles. The minimum absolute atomic E-state index is 0.0563. The number of benzene rings is 2. The molecule has 0 atom stereocenters. The molecule has 0 heterocycles. The van der Waals surface area contributed by atoms with E-state index in [-0.39, 0.29) is 45.2 Å². The van der Waals surface area contributed by atoms with Crippen molar-refractivity contribution in [3.8, 4) is 22.6 Å². The summed E-state index contributed by atoms with van der Waals surface area (Å²) in [6.07, 6.45) is 10.4. The molecule has 1 fully saturated rings. The van der Waals surface area contributed by atoms with Gasteiger partial charge in [0.25, 0.3) is 0 Å². The van der Waals surface area contributed by atoms with Crippen molar-refractivity contribution in [2.75, 3.05) is 47.3 Å². The Hall–Kier alpha value is -4.45. The number of carbonyl (C=O) groups is 5. The number of carbonyl (C=O) groups excluding carboxylic acids is 5. The van der Waals surface area contributed by atoms with E-state index in [1.165, 1.54) is 65.6 Å². The molecule has 1 aliphatic rings.